The molecular weight excluding hydrogens is 311 g/mol. The number of hydrogen-bond donors (Lipinski definition) is 1. The summed E-state index contributed by atoms with van der Waals surface area (Å²) in [4.78, 5) is 25.6. The van der Waals surface area contributed by atoms with Gasteiger partial charge < -0.3 is 10.2 Å². The Labute approximate surface area is 134 Å². The molecule has 0 bridgehead atoms. The molecule has 0 aliphatic carbocycles. The van der Waals surface area contributed by atoms with E-state index in [2.05, 4.69) is 5.32 Å². The monoisotopic (exact) mass is 328 g/mol. The molecule has 0 aromatic heterocycles. The number of carbonyl (C=O) groups excluding carboxylic acids is 2. The van der Waals surface area contributed by atoms with E-state index in [-0.39, 0.29) is 17.9 Å². The fourth-order valence-electron chi connectivity index (χ4n) is 2.39. The Kier molecular flexibility index (Phi) is 5.88. The van der Waals surface area contributed by atoms with Crippen LogP contribution in [0.25, 0.3) is 0 Å². The number of nitrogens with zero attached hydrogens (tertiary/aromatic N) is 1. The Morgan fingerprint density at radius 1 is 1.19 bits per heavy atom. The molecule has 114 valence electrons. The zero-order valence-electron chi connectivity index (χ0n) is 11.6. The number of benzene rings is 1. The number of halogens is 2. The van der Waals surface area contributed by atoms with Crippen molar-refractivity contribution in [2.45, 2.75) is 25.3 Å². The average molecular weight is 329 g/mol. The summed E-state index contributed by atoms with van der Waals surface area (Å²) in [5, 5.41) is 3.57. The lowest BCUT2D eigenvalue weighted by molar-refractivity contribution is -0.121. The van der Waals surface area contributed by atoms with Crippen LogP contribution in [0.5, 0.6) is 0 Å². The molecule has 2 rings (SSSR count). The van der Waals surface area contributed by atoms with E-state index in [0.717, 1.165) is 12.8 Å². The van der Waals surface area contributed by atoms with Crippen molar-refractivity contribution in [3.05, 3.63) is 34.9 Å². The Morgan fingerprint density at radius 2 is 1.81 bits per heavy atom. The molecule has 0 unspecified atom stereocenters. The van der Waals surface area contributed by atoms with Gasteiger partial charge in [-0.1, -0.05) is 11.6 Å². The van der Waals surface area contributed by atoms with E-state index in [1.807, 2.05) is 4.90 Å². The van der Waals surface area contributed by atoms with Gasteiger partial charge in [0.05, 0.1) is 0 Å². The Bertz CT molecular complexity index is 497. The smallest absolute Gasteiger partial charge is 0.253 e. The first-order valence-corrected chi connectivity index (χ1v) is 7.91. The zero-order valence-corrected chi connectivity index (χ0v) is 13.2. The van der Waals surface area contributed by atoms with Crippen molar-refractivity contribution >= 4 is 35.0 Å². The number of piperidine rings is 1. The molecule has 2 amide bonds. The highest BCUT2D eigenvalue weighted by Gasteiger charge is 2.24. The molecule has 1 aromatic rings. The minimum absolute atomic E-state index is 0.0113. The van der Waals surface area contributed by atoms with Crippen molar-refractivity contribution in [2.75, 3.05) is 19.0 Å². The number of nitrogens with one attached hydrogen (secondary N) is 1. The topological polar surface area (TPSA) is 49.4 Å². The molecule has 1 saturated heterocycles. The van der Waals surface area contributed by atoms with Gasteiger partial charge >= 0.3 is 0 Å². The molecule has 1 aliphatic rings. The predicted molar refractivity (Wildman–Crippen MR) is 83.9 cm³/mol. The van der Waals surface area contributed by atoms with E-state index >= 15 is 0 Å². The number of likely N-dealkylation sites (tertiary alicyclic amines) is 1. The van der Waals surface area contributed by atoms with Gasteiger partial charge in [0, 0.05) is 42.0 Å². The van der Waals surface area contributed by atoms with E-state index in [9.17, 15) is 9.59 Å². The summed E-state index contributed by atoms with van der Waals surface area (Å²) in [7, 11) is 0. The van der Waals surface area contributed by atoms with Gasteiger partial charge in [0.25, 0.3) is 5.91 Å². The van der Waals surface area contributed by atoms with Crippen molar-refractivity contribution in [1.29, 1.82) is 0 Å². The lowest BCUT2D eigenvalue weighted by Crippen LogP contribution is -2.46. The lowest BCUT2D eigenvalue weighted by atomic mass is 10.0. The molecule has 21 heavy (non-hydrogen) atoms. The van der Waals surface area contributed by atoms with Crippen LogP contribution in [-0.2, 0) is 4.79 Å². The van der Waals surface area contributed by atoms with Gasteiger partial charge in [0.2, 0.25) is 5.91 Å². The minimum atomic E-state index is -0.0209. The molecule has 0 saturated carbocycles. The van der Waals surface area contributed by atoms with Crippen LogP contribution in [0.4, 0.5) is 0 Å². The molecule has 1 N–H and O–H groups in total. The number of carbonyl (C=O) groups is 2. The van der Waals surface area contributed by atoms with Gasteiger partial charge in [-0.2, -0.15) is 0 Å². The molecule has 0 atom stereocenters. The summed E-state index contributed by atoms with van der Waals surface area (Å²) in [5.74, 6) is 0.324. The van der Waals surface area contributed by atoms with Gasteiger partial charge in [-0.05, 0) is 37.1 Å². The molecule has 0 radical (unpaired) electrons. The van der Waals surface area contributed by atoms with Crippen LogP contribution < -0.4 is 5.32 Å². The second kappa shape index (κ2) is 7.66. The third kappa shape index (κ3) is 4.61. The summed E-state index contributed by atoms with van der Waals surface area (Å²) in [6.07, 6.45) is 1.88. The second-order valence-electron chi connectivity index (χ2n) is 5.08. The maximum atomic E-state index is 12.3. The second-order valence-corrected chi connectivity index (χ2v) is 5.89. The van der Waals surface area contributed by atoms with E-state index < -0.39 is 0 Å². The summed E-state index contributed by atoms with van der Waals surface area (Å²) < 4.78 is 0. The van der Waals surface area contributed by atoms with Crippen molar-refractivity contribution in [3.8, 4) is 0 Å². The molecular formula is C15H18Cl2N2O2. The Morgan fingerprint density at radius 3 is 2.38 bits per heavy atom. The zero-order chi connectivity index (χ0) is 15.2. The number of rotatable bonds is 4. The first-order chi connectivity index (χ1) is 10.1. The first-order valence-electron chi connectivity index (χ1n) is 7.00. The number of amides is 2. The number of hydrogen-bond acceptors (Lipinski definition) is 2. The highest BCUT2D eigenvalue weighted by atomic mass is 35.5. The largest absolute Gasteiger partial charge is 0.353 e. The Balaban J connectivity index is 1.84. The van der Waals surface area contributed by atoms with Crippen LogP contribution in [0.3, 0.4) is 0 Å². The predicted octanol–water partition coefficient (Wildman–Crippen LogP) is 2.69. The summed E-state index contributed by atoms with van der Waals surface area (Å²) in [6, 6.07) is 7.04. The molecule has 1 fully saturated rings. The summed E-state index contributed by atoms with van der Waals surface area (Å²) in [6.45, 7) is 1.29. The normalized spacial score (nSPS) is 15.8. The van der Waals surface area contributed by atoms with E-state index in [0.29, 0.717) is 36.0 Å². The first kappa shape index (κ1) is 16.1. The van der Waals surface area contributed by atoms with E-state index in [4.69, 9.17) is 23.2 Å². The van der Waals surface area contributed by atoms with Crippen LogP contribution in [0.15, 0.2) is 24.3 Å². The van der Waals surface area contributed by atoms with Gasteiger partial charge in [0.1, 0.15) is 0 Å². The lowest BCUT2D eigenvalue weighted by Gasteiger charge is -2.32. The van der Waals surface area contributed by atoms with Gasteiger partial charge in [-0.25, -0.2) is 0 Å². The molecule has 6 heteroatoms. The molecule has 1 aliphatic heterocycles. The van der Waals surface area contributed by atoms with Crippen molar-refractivity contribution in [1.82, 2.24) is 10.2 Å². The van der Waals surface area contributed by atoms with Crippen molar-refractivity contribution in [2.24, 2.45) is 0 Å². The van der Waals surface area contributed by atoms with Crippen LogP contribution in [-0.4, -0.2) is 41.7 Å². The quantitative estimate of drug-likeness (QED) is 0.864. The average Bonchev–Trinajstić information content (AvgIpc) is 2.48. The maximum Gasteiger partial charge on any atom is 0.253 e. The van der Waals surface area contributed by atoms with Gasteiger partial charge in [0.15, 0.2) is 0 Å². The highest BCUT2D eigenvalue weighted by Crippen LogP contribution is 2.16. The van der Waals surface area contributed by atoms with Crippen LogP contribution >= 0.6 is 23.2 Å². The molecule has 0 spiro atoms. The van der Waals surface area contributed by atoms with E-state index in [1.165, 1.54) is 0 Å². The van der Waals surface area contributed by atoms with Crippen molar-refractivity contribution < 1.29 is 9.59 Å². The number of alkyl halides is 1. The summed E-state index contributed by atoms with van der Waals surface area (Å²) in [5.41, 5.74) is 0.643. The van der Waals surface area contributed by atoms with Crippen molar-refractivity contribution in [3.63, 3.8) is 0 Å². The maximum absolute atomic E-state index is 12.3. The molecule has 4 nitrogen and oxygen atoms in total. The fraction of sp³-hybridized carbons (Fsp3) is 0.467. The summed E-state index contributed by atoms with van der Waals surface area (Å²) >= 11 is 11.4. The standard InChI is InChI=1S/C15H18Cl2N2O2/c16-8-5-14(20)18-13-6-9-19(10-7-13)15(21)11-1-3-12(17)4-2-11/h1-4,13H,5-10H2,(H,18,20). The third-order valence-corrected chi connectivity index (χ3v) is 4.00. The molecule has 1 aromatic carbocycles. The van der Waals surface area contributed by atoms with Crippen LogP contribution in [0, 0.1) is 0 Å². The highest BCUT2D eigenvalue weighted by molar-refractivity contribution is 6.30. The van der Waals surface area contributed by atoms with E-state index in [1.54, 1.807) is 24.3 Å². The SMILES string of the molecule is O=C(CCCl)NC1CCN(C(=O)c2ccc(Cl)cc2)CC1. The Hall–Kier alpha value is -1.26. The fourth-order valence-corrected chi connectivity index (χ4v) is 2.69. The van der Waals surface area contributed by atoms with Crippen LogP contribution in [0.1, 0.15) is 29.6 Å². The third-order valence-electron chi connectivity index (χ3n) is 3.56. The van der Waals surface area contributed by atoms with Gasteiger partial charge in [-0.15, -0.1) is 11.6 Å². The van der Waals surface area contributed by atoms with Gasteiger partial charge in [-0.3, -0.25) is 9.59 Å². The van der Waals surface area contributed by atoms with Crippen LogP contribution in [0.2, 0.25) is 5.02 Å². The molecule has 1 heterocycles. The minimum Gasteiger partial charge on any atom is -0.353 e.